The second-order valence-electron chi connectivity index (χ2n) is 4.44. The predicted molar refractivity (Wildman–Crippen MR) is 70.5 cm³/mol. The summed E-state index contributed by atoms with van der Waals surface area (Å²) in [5.74, 6) is 0. The van der Waals surface area contributed by atoms with Crippen LogP contribution < -0.4 is 16.0 Å². The Balaban J connectivity index is 2.00. The summed E-state index contributed by atoms with van der Waals surface area (Å²) in [6, 6.07) is 7.67. The summed E-state index contributed by atoms with van der Waals surface area (Å²) in [7, 11) is 1.75. The number of hydrogen-bond donors (Lipinski definition) is 2. The van der Waals surface area contributed by atoms with Crippen molar-refractivity contribution in [3.05, 3.63) is 29.8 Å². The number of anilines is 1. The summed E-state index contributed by atoms with van der Waals surface area (Å²) in [5.41, 5.74) is 7.44. The van der Waals surface area contributed by atoms with Crippen molar-refractivity contribution in [3.8, 4) is 0 Å². The van der Waals surface area contributed by atoms with Gasteiger partial charge in [0.05, 0.1) is 12.6 Å². The van der Waals surface area contributed by atoms with Gasteiger partial charge in [-0.2, -0.15) is 0 Å². The number of benzene rings is 1. The van der Waals surface area contributed by atoms with Gasteiger partial charge < -0.3 is 15.8 Å². The second-order valence-corrected chi connectivity index (χ2v) is 4.44. The molecule has 0 saturated carbocycles. The van der Waals surface area contributed by atoms with Gasteiger partial charge in [0, 0.05) is 25.9 Å². The molecule has 5 heteroatoms. The van der Waals surface area contributed by atoms with Crippen LogP contribution in [-0.2, 0) is 11.3 Å². The molecule has 5 nitrogen and oxygen atoms in total. The molecule has 0 spiro atoms. The standard InChI is InChI=1S/C13H19N3O2/c1-16(12-4-2-3-10(7-12)8-14)13(17)15-11-5-6-18-9-11/h2-4,7,11H,5-6,8-9,14H2,1H3,(H,15,17). The molecule has 1 aliphatic heterocycles. The Morgan fingerprint density at radius 1 is 1.61 bits per heavy atom. The molecule has 1 heterocycles. The van der Waals surface area contributed by atoms with Crippen molar-refractivity contribution in [1.29, 1.82) is 0 Å². The number of urea groups is 1. The molecule has 1 unspecified atom stereocenters. The number of amides is 2. The minimum absolute atomic E-state index is 0.111. The number of hydrogen-bond acceptors (Lipinski definition) is 3. The van der Waals surface area contributed by atoms with Gasteiger partial charge in [0.25, 0.3) is 0 Å². The van der Waals surface area contributed by atoms with Crippen molar-refractivity contribution in [2.75, 3.05) is 25.2 Å². The van der Waals surface area contributed by atoms with E-state index >= 15 is 0 Å². The molecule has 0 bridgehead atoms. The van der Waals surface area contributed by atoms with Gasteiger partial charge in [0.15, 0.2) is 0 Å². The molecular weight excluding hydrogens is 230 g/mol. The van der Waals surface area contributed by atoms with Gasteiger partial charge in [-0.1, -0.05) is 12.1 Å². The molecule has 2 rings (SSSR count). The van der Waals surface area contributed by atoms with E-state index < -0.39 is 0 Å². The lowest BCUT2D eigenvalue weighted by atomic mass is 10.2. The van der Waals surface area contributed by atoms with Crippen LogP contribution in [0.15, 0.2) is 24.3 Å². The Labute approximate surface area is 107 Å². The topological polar surface area (TPSA) is 67.6 Å². The van der Waals surface area contributed by atoms with Gasteiger partial charge in [-0.25, -0.2) is 4.79 Å². The van der Waals surface area contributed by atoms with E-state index in [0.29, 0.717) is 13.2 Å². The zero-order valence-electron chi connectivity index (χ0n) is 10.6. The van der Waals surface area contributed by atoms with Crippen LogP contribution in [0.4, 0.5) is 10.5 Å². The molecule has 0 aliphatic carbocycles. The Bertz CT molecular complexity index is 416. The van der Waals surface area contributed by atoms with Crippen LogP contribution in [0.5, 0.6) is 0 Å². The first kappa shape index (κ1) is 12.9. The van der Waals surface area contributed by atoms with E-state index in [1.165, 1.54) is 0 Å². The van der Waals surface area contributed by atoms with Crippen molar-refractivity contribution in [1.82, 2.24) is 5.32 Å². The van der Waals surface area contributed by atoms with E-state index in [4.69, 9.17) is 10.5 Å². The van der Waals surface area contributed by atoms with Gasteiger partial charge in [-0.3, -0.25) is 4.90 Å². The maximum Gasteiger partial charge on any atom is 0.321 e. The fraction of sp³-hybridized carbons (Fsp3) is 0.462. The van der Waals surface area contributed by atoms with Gasteiger partial charge in [-0.15, -0.1) is 0 Å². The van der Waals surface area contributed by atoms with Crippen LogP contribution in [0.2, 0.25) is 0 Å². The van der Waals surface area contributed by atoms with Crippen molar-refractivity contribution in [3.63, 3.8) is 0 Å². The lowest BCUT2D eigenvalue weighted by Crippen LogP contribution is -2.43. The average Bonchev–Trinajstić information content (AvgIpc) is 2.90. The molecular formula is C13H19N3O2. The summed E-state index contributed by atoms with van der Waals surface area (Å²) in [5, 5.41) is 2.95. The number of carbonyl (C=O) groups excluding carboxylic acids is 1. The molecule has 3 N–H and O–H groups in total. The van der Waals surface area contributed by atoms with Crippen LogP contribution in [0.1, 0.15) is 12.0 Å². The molecule has 0 radical (unpaired) electrons. The summed E-state index contributed by atoms with van der Waals surface area (Å²) in [4.78, 5) is 13.6. The van der Waals surface area contributed by atoms with E-state index in [0.717, 1.165) is 24.3 Å². The Morgan fingerprint density at radius 3 is 3.11 bits per heavy atom. The molecule has 1 saturated heterocycles. The lowest BCUT2D eigenvalue weighted by Gasteiger charge is -2.21. The van der Waals surface area contributed by atoms with Crippen molar-refractivity contribution >= 4 is 11.7 Å². The highest BCUT2D eigenvalue weighted by Crippen LogP contribution is 2.15. The predicted octanol–water partition coefficient (Wildman–Crippen LogP) is 1.08. The van der Waals surface area contributed by atoms with Gasteiger partial charge in [0.2, 0.25) is 0 Å². The number of rotatable bonds is 3. The van der Waals surface area contributed by atoms with E-state index in [9.17, 15) is 4.79 Å². The summed E-state index contributed by atoms with van der Waals surface area (Å²) < 4.78 is 5.23. The quantitative estimate of drug-likeness (QED) is 0.842. The first-order valence-electron chi connectivity index (χ1n) is 6.11. The number of carbonyl (C=O) groups is 1. The zero-order chi connectivity index (χ0) is 13.0. The fourth-order valence-corrected chi connectivity index (χ4v) is 1.93. The minimum Gasteiger partial charge on any atom is -0.379 e. The van der Waals surface area contributed by atoms with Crippen LogP contribution in [0.25, 0.3) is 0 Å². The summed E-state index contributed by atoms with van der Waals surface area (Å²) in [6.07, 6.45) is 0.877. The van der Waals surface area contributed by atoms with Gasteiger partial charge in [0.1, 0.15) is 0 Å². The van der Waals surface area contributed by atoms with Gasteiger partial charge >= 0.3 is 6.03 Å². The molecule has 1 aromatic carbocycles. The number of nitrogens with one attached hydrogen (secondary N) is 1. The smallest absolute Gasteiger partial charge is 0.321 e. The molecule has 18 heavy (non-hydrogen) atoms. The highest BCUT2D eigenvalue weighted by Gasteiger charge is 2.20. The summed E-state index contributed by atoms with van der Waals surface area (Å²) >= 11 is 0. The maximum absolute atomic E-state index is 12.0. The fourth-order valence-electron chi connectivity index (χ4n) is 1.93. The zero-order valence-corrected chi connectivity index (χ0v) is 10.6. The molecule has 1 atom stereocenters. The van der Waals surface area contributed by atoms with E-state index in [1.807, 2.05) is 24.3 Å². The number of nitrogens with zero attached hydrogens (tertiary/aromatic N) is 1. The third kappa shape index (κ3) is 3.00. The van der Waals surface area contributed by atoms with Crippen LogP contribution in [0, 0.1) is 0 Å². The van der Waals surface area contributed by atoms with Crippen LogP contribution in [0.3, 0.4) is 0 Å². The third-order valence-corrected chi connectivity index (χ3v) is 3.10. The normalized spacial score (nSPS) is 18.7. The van der Waals surface area contributed by atoms with Crippen LogP contribution in [-0.4, -0.2) is 32.3 Å². The molecule has 0 aromatic heterocycles. The molecule has 1 aliphatic rings. The number of ether oxygens (including phenoxy) is 1. The van der Waals surface area contributed by atoms with E-state index in [1.54, 1.807) is 11.9 Å². The first-order valence-corrected chi connectivity index (χ1v) is 6.11. The van der Waals surface area contributed by atoms with E-state index in [2.05, 4.69) is 5.32 Å². The van der Waals surface area contributed by atoms with Crippen molar-refractivity contribution in [2.24, 2.45) is 5.73 Å². The average molecular weight is 249 g/mol. The maximum atomic E-state index is 12.0. The Kier molecular flexibility index (Phi) is 4.17. The Morgan fingerprint density at radius 2 is 2.44 bits per heavy atom. The highest BCUT2D eigenvalue weighted by atomic mass is 16.5. The molecule has 1 aromatic rings. The Hall–Kier alpha value is -1.59. The lowest BCUT2D eigenvalue weighted by molar-refractivity contribution is 0.189. The molecule has 98 valence electrons. The SMILES string of the molecule is CN(C(=O)NC1CCOC1)c1cccc(CN)c1. The summed E-state index contributed by atoms with van der Waals surface area (Å²) in [6.45, 7) is 1.79. The first-order chi connectivity index (χ1) is 8.70. The largest absolute Gasteiger partial charge is 0.379 e. The van der Waals surface area contributed by atoms with Crippen molar-refractivity contribution in [2.45, 2.75) is 19.0 Å². The third-order valence-electron chi connectivity index (χ3n) is 3.10. The number of nitrogens with two attached hydrogens (primary N) is 1. The highest BCUT2D eigenvalue weighted by molar-refractivity contribution is 5.91. The minimum atomic E-state index is -0.111. The van der Waals surface area contributed by atoms with E-state index in [-0.39, 0.29) is 12.1 Å². The van der Waals surface area contributed by atoms with Crippen LogP contribution >= 0.6 is 0 Å². The van der Waals surface area contributed by atoms with Crippen molar-refractivity contribution < 1.29 is 9.53 Å². The molecule has 1 fully saturated rings. The second kappa shape index (κ2) is 5.84. The van der Waals surface area contributed by atoms with Gasteiger partial charge in [-0.05, 0) is 24.1 Å². The monoisotopic (exact) mass is 249 g/mol. The molecule has 2 amide bonds.